The number of methoxy groups -OCH3 is 1. The number of carbonyl (C=O) groups excluding carboxylic acids is 1. The number of rotatable bonds is 4. The zero-order valence-electron chi connectivity index (χ0n) is 10.7. The summed E-state index contributed by atoms with van der Waals surface area (Å²) in [4.78, 5) is 11.0. The quantitative estimate of drug-likeness (QED) is 0.855. The van der Waals surface area contributed by atoms with E-state index in [0.717, 1.165) is 11.1 Å². The minimum Gasteiger partial charge on any atom is -0.504 e. The van der Waals surface area contributed by atoms with Crippen LogP contribution in [0.2, 0.25) is 0 Å². The van der Waals surface area contributed by atoms with Gasteiger partial charge in [0.2, 0.25) is 0 Å². The van der Waals surface area contributed by atoms with Crippen LogP contribution in [0, 0.1) is 0 Å². The lowest BCUT2D eigenvalue weighted by Gasteiger charge is -2.06. The molecule has 0 amide bonds. The van der Waals surface area contributed by atoms with Gasteiger partial charge < -0.3 is 14.3 Å². The molecular formula is C15H14O4. The van der Waals surface area contributed by atoms with Crippen LogP contribution in [0.25, 0.3) is 17.2 Å². The van der Waals surface area contributed by atoms with E-state index >= 15 is 0 Å². The molecule has 1 heterocycles. The molecule has 0 spiro atoms. The number of hydrogen-bond acceptors (Lipinski definition) is 4. The van der Waals surface area contributed by atoms with E-state index in [1.807, 2.05) is 0 Å². The molecule has 98 valence electrons. The summed E-state index contributed by atoms with van der Waals surface area (Å²) in [5.74, 6) is 1.00. The second-order valence-corrected chi connectivity index (χ2v) is 4.03. The fraction of sp³-hybridized carbons (Fsp3) is 0.133. The highest BCUT2D eigenvalue weighted by atomic mass is 16.5. The van der Waals surface area contributed by atoms with Gasteiger partial charge in [0.1, 0.15) is 5.76 Å². The molecule has 0 aliphatic heterocycles. The number of carbonyl (C=O) groups is 1. The van der Waals surface area contributed by atoms with E-state index in [-0.39, 0.29) is 11.5 Å². The fourth-order valence-electron chi connectivity index (χ4n) is 1.73. The first-order chi connectivity index (χ1) is 9.11. The van der Waals surface area contributed by atoms with Crippen molar-refractivity contribution in [3.8, 4) is 22.6 Å². The molecule has 19 heavy (non-hydrogen) atoms. The van der Waals surface area contributed by atoms with E-state index in [9.17, 15) is 9.90 Å². The summed E-state index contributed by atoms with van der Waals surface area (Å²) in [7, 11) is 1.49. The van der Waals surface area contributed by atoms with Gasteiger partial charge in [-0.05, 0) is 42.8 Å². The molecule has 0 aliphatic rings. The molecule has 0 radical (unpaired) electrons. The van der Waals surface area contributed by atoms with E-state index in [1.54, 1.807) is 36.6 Å². The average Bonchev–Trinajstić information content (AvgIpc) is 2.85. The predicted molar refractivity (Wildman–Crippen MR) is 72.1 cm³/mol. The number of ether oxygens (including phenoxy) is 1. The van der Waals surface area contributed by atoms with Gasteiger partial charge in [-0.25, -0.2) is 0 Å². The third-order valence-corrected chi connectivity index (χ3v) is 2.66. The summed E-state index contributed by atoms with van der Waals surface area (Å²) in [6, 6.07) is 6.82. The van der Waals surface area contributed by atoms with Crippen LogP contribution >= 0.6 is 0 Å². The summed E-state index contributed by atoms with van der Waals surface area (Å²) >= 11 is 0. The Labute approximate surface area is 110 Å². The maximum absolute atomic E-state index is 11.0. The average molecular weight is 258 g/mol. The molecule has 0 saturated carbocycles. The van der Waals surface area contributed by atoms with E-state index in [0.29, 0.717) is 11.5 Å². The summed E-state index contributed by atoms with van der Waals surface area (Å²) in [6.45, 7) is 1.47. The monoisotopic (exact) mass is 258 g/mol. The Morgan fingerprint density at radius 2 is 2.16 bits per heavy atom. The largest absolute Gasteiger partial charge is 0.504 e. The van der Waals surface area contributed by atoms with Gasteiger partial charge in [-0.2, -0.15) is 0 Å². The number of benzene rings is 1. The first-order valence-electron chi connectivity index (χ1n) is 5.75. The molecule has 1 aromatic heterocycles. The van der Waals surface area contributed by atoms with Gasteiger partial charge >= 0.3 is 0 Å². The second kappa shape index (κ2) is 5.44. The first kappa shape index (κ1) is 13.0. The Hall–Kier alpha value is -2.49. The van der Waals surface area contributed by atoms with Crippen molar-refractivity contribution in [3.63, 3.8) is 0 Å². The van der Waals surface area contributed by atoms with Crippen LogP contribution in [0.5, 0.6) is 11.5 Å². The number of hydrogen-bond donors (Lipinski definition) is 1. The third kappa shape index (κ3) is 2.85. The van der Waals surface area contributed by atoms with Crippen LogP contribution in [0.4, 0.5) is 0 Å². The molecule has 0 aliphatic carbocycles. The molecular weight excluding hydrogens is 244 g/mol. The molecule has 4 nitrogen and oxygen atoms in total. The summed E-state index contributed by atoms with van der Waals surface area (Å²) in [6.07, 6.45) is 4.62. The highest BCUT2D eigenvalue weighted by Crippen LogP contribution is 2.33. The van der Waals surface area contributed by atoms with Gasteiger partial charge in [-0.1, -0.05) is 6.07 Å². The van der Waals surface area contributed by atoms with Crippen molar-refractivity contribution < 1.29 is 19.1 Å². The van der Waals surface area contributed by atoms with E-state index in [1.165, 1.54) is 20.1 Å². The number of phenolic OH excluding ortho intramolecular Hbond substituents is 1. The van der Waals surface area contributed by atoms with Crippen LogP contribution in [0.15, 0.2) is 41.0 Å². The van der Waals surface area contributed by atoms with Gasteiger partial charge in [-0.3, -0.25) is 4.79 Å². The number of ketones is 1. The smallest absolute Gasteiger partial charge is 0.161 e. The molecule has 2 rings (SSSR count). The van der Waals surface area contributed by atoms with Crippen LogP contribution in [-0.4, -0.2) is 18.0 Å². The van der Waals surface area contributed by atoms with E-state index in [4.69, 9.17) is 9.15 Å². The Morgan fingerprint density at radius 3 is 2.84 bits per heavy atom. The molecule has 0 saturated heterocycles. The van der Waals surface area contributed by atoms with Crippen molar-refractivity contribution in [2.24, 2.45) is 0 Å². The Bertz CT molecular complexity index is 623. The lowest BCUT2D eigenvalue weighted by Crippen LogP contribution is -1.86. The third-order valence-electron chi connectivity index (χ3n) is 2.66. The van der Waals surface area contributed by atoms with Crippen molar-refractivity contribution >= 4 is 11.9 Å². The Kier molecular flexibility index (Phi) is 3.71. The minimum absolute atomic E-state index is 0.0503. The Morgan fingerprint density at radius 1 is 1.37 bits per heavy atom. The lowest BCUT2D eigenvalue weighted by atomic mass is 10.1. The van der Waals surface area contributed by atoms with Crippen LogP contribution < -0.4 is 4.74 Å². The van der Waals surface area contributed by atoms with Gasteiger partial charge in [0.05, 0.1) is 13.4 Å². The van der Waals surface area contributed by atoms with Crippen LogP contribution in [-0.2, 0) is 4.79 Å². The van der Waals surface area contributed by atoms with Gasteiger partial charge in [0.25, 0.3) is 0 Å². The predicted octanol–water partition coefficient (Wildman–Crippen LogP) is 3.26. The zero-order valence-corrected chi connectivity index (χ0v) is 10.7. The number of aromatic hydroxyl groups is 1. The molecule has 1 aromatic carbocycles. The molecule has 2 aromatic rings. The molecule has 4 heteroatoms. The lowest BCUT2D eigenvalue weighted by molar-refractivity contribution is -0.112. The van der Waals surface area contributed by atoms with Crippen molar-refractivity contribution in [2.75, 3.05) is 7.11 Å². The second-order valence-electron chi connectivity index (χ2n) is 4.03. The SMILES string of the molecule is COc1cc(-c2ccoc2C=CC(C)=O)ccc1O. The number of allylic oxidation sites excluding steroid dienone is 1. The van der Waals surface area contributed by atoms with Crippen molar-refractivity contribution in [1.82, 2.24) is 0 Å². The Balaban J connectivity index is 2.42. The van der Waals surface area contributed by atoms with E-state index in [2.05, 4.69) is 0 Å². The van der Waals surface area contributed by atoms with Crippen molar-refractivity contribution in [2.45, 2.75) is 6.92 Å². The molecule has 0 unspecified atom stereocenters. The standard InChI is InChI=1S/C15H14O4/c1-10(16)3-6-14-12(7-8-19-14)11-4-5-13(17)15(9-11)18-2/h3-9,17H,1-2H3. The molecule has 0 fully saturated rings. The highest BCUT2D eigenvalue weighted by Gasteiger charge is 2.09. The normalized spacial score (nSPS) is 10.8. The maximum atomic E-state index is 11.0. The summed E-state index contributed by atoms with van der Waals surface area (Å²) in [5.41, 5.74) is 1.67. The fourth-order valence-corrected chi connectivity index (χ4v) is 1.73. The van der Waals surface area contributed by atoms with E-state index < -0.39 is 0 Å². The molecule has 1 N–H and O–H groups in total. The summed E-state index contributed by atoms with van der Waals surface area (Å²) in [5, 5.41) is 9.57. The number of furan rings is 1. The van der Waals surface area contributed by atoms with Gasteiger partial charge in [-0.15, -0.1) is 0 Å². The van der Waals surface area contributed by atoms with Gasteiger partial charge in [0.15, 0.2) is 17.3 Å². The zero-order chi connectivity index (χ0) is 13.8. The van der Waals surface area contributed by atoms with Crippen LogP contribution in [0.1, 0.15) is 12.7 Å². The topological polar surface area (TPSA) is 59.7 Å². The van der Waals surface area contributed by atoms with Crippen molar-refractivity contribution in [1.29, 1.82) is 0 Å². The highest BCUT2D eigenvalue weighted by molar-refractivity contribution is 5.92. The first-order valence-corrected chi connectivity index (χ1v) is 5.75. The van der Waals surface area contributed by atoms with Gasteiger partial charge in [0, 0.05) is 5.56 Å². The van der Waals surface area contributed by atoms with Crippen molar-refractivity contribution in [3.05, 3.63) is 42.4 Å². The number of phenols is 1. The molecule has 0 atom stereocenters. The summed E-state index contributed by atoms with van der Waals surface area (Å²) < 4.78 is 10.4. The van der Waals surface area contributed by atoms with Crippen LogP contribution in [0.3, 0.4) is 0 Å². The maximum Gasteiger partial charge on any atom is 0.161 e. The molecule has 0 bridgehead atoms. The minimum atomic E-state index is -0.0503.